The van der Waals surface area contributed by atoms with E-state index in [1.54, 1.807) is 24.3 Å². The zero-order chi connectivity index (χ0) is 16.8. The minimum Gasteiger partial charge on any atom is -0.392 e. The van der Waals surface area contributed by atoms with Gasteiger partial charge in [-0.3, -0.25) is 9.59 Å². The third kappa shape index (κ3) is 2.02. The van der Waals surface area contributed by atoms with Gasteiger partial charge in [-0.25, -0.2) is 0 Å². The number of ketones is 2. The van der Waals surface area contributed by atoms with Crippen LogP contribution >= 0.6 is 0 Å². The van der Waals surface area contributed by atoms with Crippen molar-refractivity contribution in [2.24, 2.45) is 11.8 Å². The van der Waals surface area contributed by atoms with E-state index in [0.717, 1.165) is 25.7 Å². The maximum absolute atomic E-state index is 13.2. The maximum atomic E-state index is 13.2. The van der Waals surface area contributed by atoms with Crippen LogP contribution in [0.2, 0.25) is 0 Å². The summed E-state index contributed by atoms with van der Waals surface area (Å²) in [6.45, 7) is -0.436. The van der Waals surface area contributed by atoms with E-state index < -0.39 is 6.61 Å². The Morgan fingerprint density at radius 2 is 1.50 bits per heavy atom. The third-order valence-electron chi connectivity index (χ3n) is 5.59. The van der Waals surface area contributed by atoms with Gasteiger partial charge in [0, 0.05) is 22.3 Å². The number of carbonyl (C=O) groups excluding carboxylic acids is 2. The molecule has 0 unspecified atom stereocenters. The predicted molar refractivity (Wildman–Crippen MR) is 87.7 cm³/mol. The normalized spacial score (nSPS) is 25.8. The van der Waals surface area contributed by atoms with E-state index in [1.165, 1.54) is 0 Å². The number of carbonyl (C=O) groups is 2. The SMILES string of the molecule is N#Cc1ccc(C2=C(CO)C(=O)C3=C(C2=O)C2CCC3CC2)cc1. The van der Waals surface area contributed by atoms with Crippen LogP contribution in [0.1, 0.15) is 36.8 Å². The van der Waals surface area contributed by atoms with Crippen molar-refractivity contribution in [3.05, 3.63) is 52.1 Å². The Morgan fingerprint density at radius 1 is 0.958 bits per heavy atom. The Bertz CT molecular complexity index is 844. The second kappa shape index (κ2) is 5.54. The molecule has 1 aromatic rings. The summed E-state index contributed by atoms with van der Waals surface area (Å²) in [6, 6.07) is 8.67. The largest absolute Gasteiger partial charge is 0.392 e. The molecule has 0 radical (unpaired) electrons. The van der Waals surface area contributed by atoms with E-state index in [2.05, 4.69) is 0 Å². The molecular formula is C20H17NO3. The van der Waals surface area contributed by atoms with Gasteiger partial charge < -0.3 is 5.11 Å². The number of Topliss-reactive ketones (excluding diaryl/α,β-unsaturated/α-hetero) is 2. The Labute approximate surface area is 140 Å². The van der Waals surface area contributed by atoms with Crippen LogP contribution in [0.25, 0.3) is 5.57 Å². The standard InChI is InChI=1S/C20H17NO3/c21-9-11-1-3-12(4-2-11)16-15(10-22)19(23)17-13-5-7-14(8-6-13)18(17)20(16)24/h1-4,13-14,22H,5-8,10H2. The summed E-state index contributed by atoms with van der Waals surface area (Å²) in [4.78, 5) is 26.1. The van der Waals surface area contributed by atoms with Gasteiger partial charge in [-0.2, -0.15) is 5.26 Å². The molecule has 0 heterocycles. The topological polar surface area (TPSA) is 78.2 Å². The van der Waals surface area contributed by atoms with E-state index in [0.29, 0.717) is 27.8 Å². The minimum atomic E-state index is -0.436. The average molecular weight is 319 g/mol. The summed E-state index contributed by atoms with van der Waals surface area (Å²) >= 11 is 0. The number of allylic oxidation sites excluding steroid dienone is 3. The van der Waals surface area contributed by atoms with Crippen LogP contribution in [0.5, 0.6) is 0 Å². The number of rotatable bonds is 2. The first-order valence-electron chi connectivity index (χ1n) is 8.33. The average Bonchev–Trinajstić information content (AvgIpc) is 2.65. The van der Waals surface area contributed by atoms with E-state index in [9.17, 15) is 14.7 Å². The Hall–Kier alpha value is -2.51. The highest BCUT2D eigenvalue weighted by molar-refractivity contribution is 6.40. The molecule has 1 fully saturated rings. The highest BCUT2D eigenvalue weighted by atomic mass is 16.3. The monoisotopic (exact) mass is 319 g/mol. The molecule has 120 valence electrons. The fourth-order valence-electron chi connectivity index (χ4n) is 4.44. The lowest BCUT2D eigenvalue weighted by Gasteiger charge is -2.41. The van der Waals surface area contributed by atoms with Gasteiger partial charge in [0.1, 0.15) is 0 Å². The van der Waals surface area contributed by atoms with Crippen LogP contribution in [-0.2, 0) is 9.59 Å². The molecule has 0 atom stereocenters. The van der Waals surface area contributed by atoms with Crippen molar-refractivity contribution in [3.63, 3.8) is 0 Å². The van der Waals surface area contributed by atoms with Crippen LogP contribution in [0, 0.1) is 23.2 Å². The van der Waals surface area contributed by atoms with E-state index in [-0.39, 0.29) is 29.0 Å². The van der Waals surface area contributed by atoms with E-state index >= 15 is 0 Å². The summed E-state index contributed by atoms with van der Waals surface area (Å²) in [5.74, 6) is 0.0919. The lowest BCUT2D eigenvalue weighted by molar-refractivity contribution is -0.117. The lowest BCUT2D eigenvalue weighted by atomic mass is 9.61. The molecule has 4 aliphatic carbocycles. The van der Waals surface area contributed by atoms with Gasteiger partial charge in [-0.15, -0.1) is 0 Å². The summed E-state index contributed by atoms with van der Waals surface area (Å²) in [5.41, 5.74) is 2.98. The van der Waals surface area contributed by atoms with Crippen molar-refractivity contribution >= 4 is 17.1 Å². The smallest absolute Gasteiger partial charge is 0.190 e. The Morgan fingerprint density at radius 3 is 2.00 bits per heavy atom. The van der Waals surface area contributed by atoms with E-state index in [4.69, 9.17) is 5.26 Å². The molecule has 5 rings (SSSR count). The summed E-state index contributed by atoms with van der Waals surface area (Å²) < 4.78 is 0. The number of benzene rings is 1. The molecule has 4 heteroatoms. The zero-order valence-electron chi connectivity index (χ0n) is 13.2. The number of nitriles is 1. The van der Waals surface area contributed by atoms with Crippen molar-refractivity contribution in [2.75, 3.05) is 6.61 Å². The lowest BCUT2D eigenvalue weighted by Crippen LogP contribution is -2.38. The molecule has 4 nitrogen and oxygen atoms in total. The molecule has 0 amide bonds. The second-order valence-electron chi connectivity index (χ2n) is 6.73. The fourth-order valence-corrected chi connectivity index (χ4v) is 4.44. The predicted octanol–water partition coefficient (Wildman–Crippen LogP) is 2.57. The molecule has 1 aromatic carbocycles. The van der Waals surface area contributed by atoms with Gasteiger partial charge in [0.2, 0.25) is 0 Å². The van der Waals surface area contributed by atoms with Gasteiger partial charge in [0.15, 0.2) is 11.6 Å². The summed E-state index contributed by atoms with van der Waals surface area (Å²) in [5, 5.41) is 18.7. The van der Waals surface area contributed by atoms with Gasteiger partial charge >= 0.3 is 0 Å². The van der Waals surface area contributed by atoms with Crippen LogP contribution in [-0.4, -0.2) is 23.3 Å². The van der Waals surface area contributed by atoms with Gasteiger partial charge in [0.25, 0.3) is 0 Å². The molecule has 0 aromatic heterocycles. The second-order valence-corrected chi connectivity index (χ2v) is 6.73. The summed E-state index contributed by atoms with van der Waals surface area (Å²) in [7, 11) is 0. The number of aliphatic hydroxyl groups excluding tert-OH is 1. The molecule has 4 aliphatic rings. The van der Waals surface area contributed by atoms with Gasteiger partial charge in [0.05, 0.1) is 18.2 Å². The molecule has 24 heavy (non-hydrogen) atoms. The molecule has 1 saturated carbocycles. The van der Waals surface area contributed by atoms with Crippen molar-refractivity contribution in [1.29, 1.82) is 5.26 Å². The van der Waals surface area contributed by atoms with Crippen LogP contribution in [0.3, 0.4) is 0 Å². The number of fused-ring (bicyclic) bond motifs is 2. The van der Waals surface area contributed by atoms with Crippen molar-refractivity contribution in [2.45, 2.75) is 25.7 Å². The van der Waals surface area contributed by atoms with Crippen LogP contribution < -0.4 is 0 Å². The molecule has 0 aliphatic heterocycles. The number of hydrogen-bond acceptors (Lipinski definition) is 4. The minimum absolute atomic E-state index is 0.104. The van der Waals surface area contributed by atoms with Crippen molar-refractivity contribution < 1.29 is 14.7 Å². The van der Waals surface area contributed by atoms with Crippen molar-refractivity contribution in [1.82, 2.24) is 0 Å². The third-order valence-corrected chi connectivity index (χ3v) is 5.59. The zero-order valence-corrected chi connectivity index (χ0v) is 13.2. The van der Waals surface area contributed by atoms with Crippen LogP contribution in [0.15, 0.2) is 41.0 Å². The maximum Gasteiger partial charge on any atom is 0.190 e. The Balaban J connectivity index is 1.87. The fraction of sp³-hybridized carbons (Fsp3) is 0.350. The number of hydrogen-bond donors (Lipinski definition) is 1. The van der Waals surface area contributed by atoms with Crippen molar-refractivity contribution in [3.8, 4) is 6.07 Å². The molecule has 0 spiro atoms. The number of nitrogens with zero attached hydrogens (tertiary/aromatic N) is 1. The van der Waals surface area contributed by atoms with Gasteiger partial charge in [-0.05, 0) is 55.2 Å². The first-order chi connectivity index (χ1) is 11.7. The molecule has 2 bridgehead atoms. The molecule has 1 N–H and O–H groups in total. The summed E-state index contributed by atoms with van der Waals surface area (Å²) in [6.07, 6.45) is 3.87. The van der Waals surface area contributed by atoms with Gasteiger partial charge in [-0.1, -0.05) is 12.1 Å². The van der Waals surface area contributed by atoms with E-state index in [1.807, 2.05) is 6.07 Å². The first-order valence-corrected chi connectivity index (χ1v) is 8.33. The number of aliphatic hydroxyl groups is 1. The highest BCUT2D eigenvalue weighted by Crippen LogP contribution is 2.50. The molecule has 0 saturated heterocycles. The highest BCUT2D eigenvalue weighted by Gasteiger charge is 2.45. The Kier molecular flexibility index (Phi) is 3.47. The van der Waals surface area contributed by atoms with Crippen LogP contribution in [0.4, 0.5) is 0 Å². The first kappa shape index (κ1) is 15.0. The quantitative estimate of drug-likeness (QED) is 0.850. The molecular weight excluding hydrogens is 302 g/mol.